The fourth-order valence-corrected chi connectivity index (χ4v) is 4.45. The third-order valence-corrected chi connectivity index (χ3v) is 6.05. The van der Waals surface area contributed by atoms with E-state index >= 15 is 0 Å². The Kier molecular flexibility index (Phi) is 3.98. The first-order chi connectivity index (χ1) is 11.2. The van der Waals surface area contributed by atoms with Crippen LogP contribution in [-0.2, 0) is 0 Å². The van der Waals surface area contributed by atoms with Gasteiger partial charge < -0.3 is 4.74 Å². The van der Waals surface area contributed by atoms with Crippen molar-refractivity contribution >= 4 is 35.0 Å². The molecule has 1 aliphatic heterocycles. The fourth-order valence-electron chi connectivity index (χ4n) is 2.70. The number of hydrogen-bond donors (Lipinski definition) is 0. The van der Waals surface area contributed by atoms with Crippen LogP contribution in [-0.4, -0.2) is 0 Å². The SMILES string of the molecule is Clc1cccc(SC2c3ccccc3Oc3ccccc32)c1Cl. The highest BCUT2D eigenvalue weighted by Gasteiger charge is 2.28. The lowest BCUT2D eigenvalue weighted by atomic mass is 10.00. The van der Waals surface area contributed by atoms with Gasteiger partial charge in [-0.15, -0.1) is 11.8 Å². The summed E-state index contributed by atoms with van der Waals surface area (Å²) in [5, 5.41) is 1.29. The first kappa shape index (κ1) is 14.9. The van der Waals surface area contributed by atoms with Crippen molar-refractivity contribution in [2.45, 2.75) is 10.1 Å². The molecule has 3 aromatic carbocycles. The molecule has 0 aromatic heterocycles. The van der Waals surface area contributed by atoms with Crippen molar-refractivity contribution in [3.63, 3.8) is 0 Å². The summed E-state index contributed by atoms with van der Waals surface area (Å²) in [6.07, 6.45) is 0. The maximum absolute atomic E-state index is 6.38. The maximum Gasteiger partial charge on any atom is 0.132 e. The molecule has 0 aliphatic carbocycles. The largest absolute Gasteiger partial charge is 0.457 e. The highest BCUT2D eigenvalue weighted by molar-refractivity contribution is 7.99. The molecule has 1 aliphatic rings. The van der Waals surface area contributed by atoms with Gasteiger partial charge in [0.05, 0.1) is 15.3 Å². The molecule has 0 unspecified atom stereocenters. The van der Waals surface area contributed by atoms with Crippen LogP contribution < -0.4 is 4.74 Å². The van der Waals surface area contributed by atoms with E-state index in [0.717, 1.165) is 27.5 Å². The summed E-state index contributed by atoms with van der Waals surface area (Å²) < 4.78 is 6.03. The minimum absolute atomic E-state index is 0.118. The normalized spacial score (nSPS) is 13.1. The van der Waals surface area contributed by atoms with E-state index in [1.807, 2.05) is 48.5 Å². The molecule has 0 radical (unpaired) electrons. The van der Waals surface area contributed by atoms with E-state index in [1.165, 1.54) is 0 Å². The van der Waals surface area contributed by atoms with Crippen molar-refractivity contribution in [1.29, 1.82) is 0 Å². The Balaban J connectivity index is 1.83. The standard InChI is InChI=1S/C19H12Cl2OS/c20-14-8-5-11-17(18(14)21)23-19-12-6-1-3-9-15(12)22-16-10-4-2-7-13(16)19/h1-11,19H. The lowest BCUT2D eigenvalue weighted by Gasteiger charge is -2.28. The molecule has 0 fully saturated rings. The first-order valence-electron chi connectivity index (χ1n) is 7.20. The predicted octanol–water partition coefficient (Wildman–Crippen LogP) is 6.98. The number of thioether (sulfide) groups is 1. The summed E-state index contributed by atoms with van der Waals surface area (Å²) in [6.45, 7) is 0. The van der Waals surface area contributed by atoms with Crippen LogP contribution in [0.1, 0.15) is 16.4 Å². The highest BCUT2D eigenvalue weighted by Crippen LogP contribution is 2.52. The van der Waals surface area contributed by atoms with E-state index in [0.29, 0.717) is 10.0 Å². The van der Waals surface area contributed by atoms with Crippen LogP contribution in [0.5, 0.6) is 11.5 Å². The number of para-hydroxylation sites is 2. The quantitative estimate of drug-likeness (QED) is 0.488. The van der Waals surface area contributed by atoms with Crippen LogP contribution in [0.3, 0.4) is 0 Å². The van der Waals surface area contributed by atoms with E-state index in [-0.39, 0.29) is 5.25 Å². The predicted molar refractivity (Wildman–Crippen MR) is 97.1 cm³/mol. The average molecular weight is 359 g/mol. The first-order valence-corrected chi connectivity index (χ1v) is 8.84. The monoisotopic (exact) mass is 358 g/mol. The molecule has 0 amide bonds. The second-order valence-corrected chi connectivity index (χ2v) is 7.16. The van der Waals surface area contributed by atoms with Gasteiger partial charge in [-0.05, 0) is 24.3 Å². The fraction of sp³-hybridized carbons (Fsp3) is 0.0526. The molecule has 0 N–H and O–H groups in total. The molecule has 0 saturated heterocycles. The van der Waals surface area contributed by atoms with Gasteiger partial charge in [0.25, 0.3) is 0 Å². The van der Waals surface area contributed by atoms with Crippen molar-refractivity contribution in [1.82, 2.24) is 0 Å². The van der Waals surface area contributed by atoms with Gasteiger partial charge >= 0.3 is 0 Å². The molecule has 0 bridgehead atoms. The molecular formula is C19H12Cl2OS. The Morgan fingerprint density at radius 1 is 0.739 bits per heavy atom. The second kappa shape index (κ2) is 6.12. The van der Waals surface area contributed by atoms with Gasteiger partial charge in [-0.2, -0.15) is 0 Å². The van der Waals surface area contributed by atoms with Crippen molar-refractivity contribution in [3.05, 3.63) is 87.9 Å². The van der Waals surface area contributed by atoms with E-state index in [1.54, 1.807) is 17.8 Å². The van der Waals surface area contributed by atoms with Crippen LogP contribution in [0.4, 0.5) is 0 Å². The van der Waals surface area contributed by atoms with Gasteiger partial charge in [0.15, 0.2) is 0 Å². The summed E-state index contributed by atoms with van der Waals surface area (Å²) in [5.74, 6) is 1.78. The lowest BCUT2D eigenvalue weighted by Crippen LogP contribution is -2.07. The number of hydrogen-bond acceptors (Lipinski definition) is 2. The molecule has 23 heavy (non-hydrogen) atoms. The Morgan fingerprint density at radius 2 is 1.35 bits per heavy atom. The van der Waals surface area contributed by atoms with Crippen LogP contribution in [0.2, 0.25) is 10.0 Å². The molecule has 3 aromatic rings. The van der Waals surface area contributed by atoms with Crippen molar-refractivity contribution in [3.8, 4) is 11.5 Å². The highest BCUT2D eigenvalue weighted by atomic mass is 35.5. The van der Waals surface area contributed by atoms with Crippen LogP contribution in [0.15, 0.2) is 71.6 Å². The second-order valence-electron chi connectivity index (χ2n) is 5.23. The molecule has 4 rings (SSSR count). The van der Waals surface area contributed by atoms with E-state index in [2.05, 4.69) is 12.1 Å². The zero-order valence-corrected chi connectivity index (χ0v) is 14.3. The summed E-state index contributed by atoms with van der Waals surface area (Å²) in [7, 11) is 0. The van der Waals surface area contributed by atoms with Crippen molar-refractivity contribution < 1.29 is 4.74 Å². The summed E-state index contributed by atoms with van der Waals surface area (Å²) in [5.41, 5.74) is 2.29. The number of halogens is 2. The van der Waals surface area contributed by atoms with Gasteiger partial charge in [0.2, 0.25) is 0 Å². The topological polar surface area (TPSA) is 9.23 Å². The van der Waals surface area contributed by atoms with Crippen LogP contribution >= 0.6 is 35.0 Å². The molecular weight excluding hydrogens is 347 g/mol. The third kappa shape index (κ3) is 2.72. The summed E-state index contributed by atoms with van der Waals surface area (Å²) >= 11 is 14.2. The Labute approximate surface area is 149 Å². The van der Waals surface area contributed by atoms with Gasteiger partial charge in [0, 0.05) is 16.0 Å². The molecule has 1 heterocycles. The van der Waals surface area contributed by atoms with Crippen molar-refractivity contribution in [2.75, 3.05) is 0 Å². The zero-order valence-electron chi connectivity index (χ0n) is 12.0. The summed E-state index contributed by atoms with van der Waals surface area (Å²) in [6, 6.07) is 22.0. The number of rotatable bonds is 2. The van der Waals surface area contributed by atoms with Gasteiger partial charge in [0.1, 0.15) is 11.5 Å². The zero-order chi connectivity index (χ0) is 15.8. The van der Waals surface area contributed by atoms with Crippen LogP contribution in [0.25, 0.3) is 0 Å². The smallest absolute Gasteiger partial charge is 0.132 e. The minimum atomic E-state index is 0.118. The van der Waals surface area contributed by atoms with E-state index in [4.69, 9.17) is 27.9 Å². The molecule has 1 nitrogen and oxygen atoms in total. The van der Waals surface area contributed by atoms with Gasteiger partial charge in [-0.25, -0.2) is 0 Å². The van der Waals surface area contributed by atoms with Crippen molar-refractivity contribution in [2.24, 2.45) is 0 Å². The number of ether oxygens (including phenoxy) is 1. The third-order valence-electron chi connectivity index (χ3n) is 3.78. The van der Waals surface area contributed by atoms with Gasteiger partial charge in [-0.1, -0.05) is 65.7 Å². The van der Waals surface area contributed by atoms with Crippen LogP contribution in [0, 0.1) is 0 Å². The molecule has 0 atom stereocenters. The molecule has 0 spiro atoms. The lowest BCUT2D eigenvalue weighted by molar-refractivity contribution is 0.459. The Hall–Kier alpha value is -1.61. The molecule has 4 heteroatoms. The summed E-state index contributed by atoms with van der Waals surface area (Å²) in [4.78, 5) is 0.968. The Morgan fingerprint density at radius 3 is 2.00 bits per heavy atom. The average Bonchev–Trinajstić information content (AvgIpc) is 2.58. The van der Waals surface area contributed by atoms with E-state index in [9.17, 15) is 0 Å². The molecule has 114 valence electrons. The number of benzene rings is 3. The van der Waals surface area contributed by atoms with E-state index < -0.39 is 0 Å². The maximum atomic E-state index is 6.38. The Bertz CT molecular complexity index is 833. The van der Waals surface area contributed by atoms with Gasteiger partial charge in [-0.3, -0.25) is 0 Å². The minimum Gasteiger partial charge on any atom is -0.457 e. The number of fused-ring (bicyclic) bond motifs is 2. The molecule has 0 saturated carbocycles.